The number of aldehydes is 1. The van der Waals surface area contributed by atoms with Gasteiger partial charge < -0.3 is 18.9 Å². The summed E-state index contributed by atoms with van der Waals surface area (Å²) in [5.41, 5.74) is 10.00. The molecule has 0 aliphatic rings. The van der Waals surface area contributed by atoms with Crippen LogP contribution in [0.2, 0.25) is 0 Å². The van der Waals surface area contributed by atoms with Crippen LogP contribution >= 0.6 is 0 Å². The van der Waals surface area contributed by atoms with Gasteiger partial charge in [-0.25, -0.2) is 0 Å². The van der Waals surface area contributed by atoms with Crippen molar-refractivity contribution in [2.24, 2.45) is 5.11 Å². The Morgan fingerprint density at radius 2 is 1.37 bits per heavy atom. The second-order valence-electron chi connectivity index (χ2n) is 8.54. The molecule has 38 heavy (non-hydrogen) atoms. The topological polar surface area (TPSA) is 120 Å². The van der Waals surface area contributed by atoms with Gasteiger partial charge in [0.2, 0.25) is 0 Å². The Hall–Kier alpha value is -4.01. The fourth-order valence-electron chi connectivity index (χ4n) is 3.95. The fourth-order valence-corrected chi connectivity index (χ4v) is 3.95. The summed E-state index contributed by atoms with van der Waals surface area (Å²) in [6, 6.07) is 28.3. The molecular formula is C29H31N3O6. The summed E-state index contributed by atoms with van der Waals surface area (Å²) < 4.78 is 23.5. The van der Waals surface area contributed by atoms with Crippen molar-refractivity contribution in [3.63, 3.8) is 0 Å². The monoisotopic (exact) mass is 517 g/mol. The van der Waals surface area contributed by atoms with Crippen LogP contribution in [0, 0.1) is 0 Å². The van der Waals surface area contributed by atoms with E-state index in [1.165, 1.54) is 0 Å². The molecule has 0 spiro atoms. The van der Waals surface area contributed by atoms with E-state index >= 15 is 0 Å². The average Bonchev–Trinajstić information content (AvgIpc) is 2.98. The van der Waals surface area contributed by atoms with Crippen molar-refractivity contribution >= 4 is 12.8 Å². The van der Waals surface area contributed by atoms with Crippen LogP contribution in [-0.2, 0) is 48.4 Å². The largest absolute Gasteiger partial charge is 0.458 e. The predicted octanol–water partition coefficient (Wildman–Crippen LogP) is 5.19. The lowest BCUT2D eigenvalue weighted by Gasteiger charge is -2.38. The number of hydrogen-bond donors (Lipinski definition) is 0. The Morgan fingerprint density at radius 1 is 0.816 bits per heavy atom. The van der Waals surface area contributed by atoms with Crippen molar-refractivity contribution in [3.05, 3.63) is 118 Å². The standard InChI is InChI=1S/C29H31N3O6/c30-32-31-18-27(36-20-25-12-6-2-7-13-25)28(37-23-34)29(22-33,38-21-26-14-8-3-9-15-26)16-17-35-19-24-10-4-1-5-11-24/h1-15,22-23,27-28H,16-21H2/t27-,28-,29+/m1/s1. The molecule has 3 rings (SSSR count). The summed E-state index contributed by atoms with van der Waals surface area (Å²) >= 11 is 0. The molecule has 0 aliphatic heterocycles. The van der Waals surface area contributed by atoms with Crippen LogP contribution in [0.4, 0.5) is 0 Å². The zero-order valence-corrected chi connectivity index (χ0v) is 21.0. The Morgan fingerprint density at radius 3 is 1.89 bits per heavy atom. The van der Waals surface area contributed by atoms with Gasteiger partial charge in [0.05, 0.1) is 33.0 Å². The van der Waals surface area contributed by atoms with Crippen LogP contribution in [0.25, 0.3) is 10.4 Å². The van der Waals surface area contributed by atoms with Gasteiger partial charge in [0, 0.05) is 11.3 Å². The van der Waals surface area contributed by atoms with Gasteiger partial charge in [-0.15, -0.1) is 0 Å². The van der Waals surface area contributed by atoms with Crippen molar-refractivity contribution < 1.29 is 28.5 Å². The third kappa shape index (κ3) is 8.83. The minimum atomic E-state index is -1.64. The SMILES string of the molecule is [N-]=[N+]=NC[C@@H](OCc1ccccc1)[C@@H](OC=O)[C@@](C=O)(CCOCc1ccccc1)OCc1ccccc1. The highest BCUT2D eigenvalue weighted by molar-refractivity contribution is 5.65. The molecule has 3 atom stereocenters. The molecule has 0 N–H and O–H groups in total. The Labute approximate surface area is 221 Å². The second kappa shape index (κ2) is 16.0. The van der Waals surface area contributed by atoms with Crippen molar-refractivity contribution in [1.82, 2.24) is 0 Å². The number of rotatable bonds is 18. The van der Waals surface area contributed by atoms with Gasteiger partial charge in [-0.1, -0.05) is 96.1 Å². The van der Waals surface area contributed by atoms with E-state index in [4.69, 9.17) is 24.5 Å². The highest BCUT2D eigenvalue weighted by Crippen LogP contribution is 2.28. The normalized spacial score (nSPS) is 13.9. The Bertz CT molecular complexity index is 1140. The highest BCUT2D eigenvalue weighted by Gasteiger charge is 2.46. The molecule has 0 aromatic heterocycles. The van der Waals surface area contributed by atoms with Gasteiger partial charge >= 0.3 is 0 Å². The van der Waals surface area contributed by atoms with Gasteiger partial charge in [-0.05, 0) is 22.2 Å². The lowest BCUT2D eigenvalue weighted by Crippen LogP contribution is -2.55. The van der Waals surface area contributed by atoms with Gasteiger partial charge in [0.15, 0.2) is 18.0 Å². The first-order chi connectivity index (χ1) is 18.7. The van der Waals surface area contributed by atoms with E-state index in [1.807, 2.05) is 91.0 Å². The first kappa shape index (κ1) is 28.6. The van der Waals surface area contributed by atoms with Gasteiger partial charge in [0.1, 0.15) is 6.10 Å². The van der Waals surface area contributed by atoms with E-state index in [9.17, 15) is 9.59 Å². The molecule has 0 unspecified atom stereocenters. The molecule has 3 aromatic rings. The molecule has 0 radical (unpaired) electrons. The van der Waals surface area contributed by atoms with Crippen molar-refractivity contribution in [2.45, 2.75) is 44.1 Å². The number of azide groups is 1. The number of nitrogens with zero attached hydrogens (tertiary/aromatic N) is 3. The van der Waals surface area contributed by atoms with E-state index in [-0.39, 0.29) is 39.3 Å². The van der Waals surface area contributed by atoms with Crippen LogP contribution in [-0.4, -0.2) is 43.7 Å². The fraction of sp³-hybridized carbons (Fsp3) is 0.310. The van der Waals surface area contributed by atoms with Crippen LogP contribution in [0.15, 0.2) is 96.1 Å². The zero-order valence-electron chi connectivity index (χ0n) is 21.0. The quantitative estimate of drug-likeness (QED) is 0.0753. The first-order valence-electron chi connectivity index (χ1n) is 12.2. The number of carbonyl (C=O) groups excluding carboxylic acids is 2. The average molecular weight is 518 g/mol. The minimum absolute atomic E-state index is 0.0656. The van der Waals surface area contributed by atoms with Crippen LogP contribution in [0.1, 0.15) is 23.1 Å². The molecule has 3 aromatic carbocycles. The summed E-state index contributed by atoms with van der Waals surface area (Å²) in [5, 5.41) is 3.65. The van der Waals surface area contributed by atoms with E-state index in [2.05, 4.69) is 10.0 Å². The summed E-state index contributed by atoms with van der Waals surface area (Å²) in [4.78, 5) is 27.2. The Balaban J connectivity index is 1.85. The van der Waals surface area contributed by atoms with Gasteiger partial charge in [-0.3, -0.25) is 9.59 Å². The molecule has 198 valence electrons. The maximum atomic E-state index is 12.7. The summed E-state index contributed by atoms with van der Waals surface area (Å²) in [5.74, 6) is 0. The molecular weight excluding hydrogens is 486 g/mol. The zero-order chi connectivity index (χ0) is 26.9. The van der Waals surface area contributed by atoms with E-state index < -0.39 is 17.8 Å². The van der Waals surface area contributed by atoms with Gasteiger partial charge in [-0.2, -0.15) is 0 Å². The van der Waals surface area contributed by atoms with Crippen LogP contribution < -0.4 is 0 Å². The third-order valence-electron chi connectivity index (χ3n) is 5.95. The highest BCUT2D eigenvalue weighted by atomic mass is 16.6. The maximum absolute atomic E-state index is 12.7. The minimum Gasteiger partial charge on any atom is -0.458 e. The molecule has 0 amide bonds. The first-order valence-corrected chi connectivity index (χ1v) is 12.2. The van der Waals surface area contributed by atoms with Crippen molar-refractivity contribution in [3.8, 4) is 0 Å². The lowest BCUT2D eigenvalue weighted by molar-refractivity contribution is -0.195. The summed E-state index contributed by atoms with van der Waals surface area (Å²) in [7, 11) is 0. The molecule has 9 heteroatoms. The molecule has 0 aliphatic carbocycles. The maximum Gasteiger partial charge on any atom is 0.293 e. The molecule has 9 nitrogen and oxygen atoms in total. The van der Waals surface area contributed by atoms with E-state index in [1.54, 1.807) is 0 Å². The predicted molar refractivity (Wildman–Crippen MR) is 141 cm³/mol. The summed E-state index contributed by atoms with van der Waals surface area (Å²) in [6.45, 7) is 0.743. The number of ether oxygens (including phenoxy) is 4. The molecule has 0 saturated heterocycles. The number of benzene rings is 3. The van der Waals surface area contributed by atoms with Crippen LogP contribution in [0.3, 0.4) is 0 Å². The smallest absolute Gasteiger partial charge is 0.293 e. The number of carbonyl (C=O) groups is 2. The van der Waals surface area contributed by atoms with Crippen LogP contribution in [0.5, 0.6) is 0 Å². The molecule has 0 fully saturated rings. The summed E-state index contributed by atoms with van der Waals surface area (Å²) in [6.07, 6.45) is -1.50. The Kier molecular flexibility index (Phi) is 12.0. The number of hydrogen-bond acceptors (Lipinski definition) is 7. The molecule has 0 saturated carbocycles. The van der Waals surface area contributed by atoms with E-state index in [0.29, 0.717) is 12.9 Å². The molecule has 0 bridgehead atoms. The third-order valence-corrected chi connectivity index (χ3v) is 5.95. The van der Waals surface area contributed by atoms with E-state index in [0.717, 1.165) is 16.7 Å². The van der Waals surface area contributed by atoms with Crippen molar-refractivity contribution in [1.29, 1.82) is 0 Å². The second-order valence-corrected chi connectivity index (χ2v) is 8.54. The van der Waals surface area contributed by atoms with Gasteiger partial charge in [0.25, 0.3) is 6.47 Å². The molecule has 0 heterocycles. The van der Waals surface area contributed by atoms with Crippen molar-refractivity contribution in [2.75, 3.05) is 13.2 Å². The lowest BCUT2D eigenvalue weighted by atomic mass is 9.89.